The molecule has 3 aromatic rings. The first kappa shape index (κ1) is 16.1. The average Bonchev–Trinajstić information content (AvgIpc) is 3.17. The monoisotopic (exact) mass is 351 g/mol. The molecule has 0 fully saturated rings. The Kier molecular flexibility index (Phi) is 3.80. The first-order chi connectivity index (χ1) is 12.6. The fourth-order valence-electron chi connectivity index (χ4n) is 3.44. The number of fused-ring (bicyclic) bond motifs is 1. The Hall–Kier alpha value is -3.42. The fraction of sp³-hybridized carbons (Fsp3) is 0.222. The van der Waals surface area contributed by atoms with Crippen LogP contribution in [-0.4, -0.2) is 48.8 Å². The molecule has 0 bridgehead atoms. The number of imidazole rings is 1. The van der Waals surface area contributed by atoms with Gasteiger partial charge in [0.25, 0.3) is 5.91 Å². The molecule has 26 heavy (non-hydrogen) atoms. The summed E-state index contributed by atoms with van der Waals surface area (Å²) in [6.07, 6.45) is 6.28. The average molecular weight is 351 g/mol. The van der Waals surface area contributed by atoms with Crippen LogP contribution in [0.5, 0.6) is 5.75 Å². The molecule has 0 radical (unpaired) electrons. The van der Waals surface area contributed by atoms with Crippen LogP contribution in [-0.2, 0) is 0 Å². The number of aromatic nitrogens is 4. The Morgan fingerprint density at radius 1 is 1.23 bits per heavy atom. The molecule has 2 atom stereocenters. The highest BCUT2D eigenvalue weighted by Crippen LogP contribution is 2.35. The van der Waals surface area contributed by atoms with E-state index in [-0.39, 0.29) is 17.8 Å². The molecule has 132 valence electrons. The van der Waals surface area contributed by atoms with Crippen molar-refractivity contribution in [3.8, 4) is 5.75 Å². The molecule has 1 N–H and O–H groups in total. The molecule has 3 heterocycles. The van der Waals surface area contributed by atoms with Crippen molar-refractivity contribution in [1.29, 1.82) is 0 Å². The SMILES string of the molecule is CN1C[C@H]([C@H](c2ccccc2)n2ccnc2)n2ncc(=O)c(O)c2C1=O. The summed E-state index contributed by atoms with van der Waals surface area (Å²) in [5.74, 6) is -1.000. The van der Waals surface area contributed by atoms with E-state index in [0.29, 0.717) is 6.54 Å². The maximum absolute atomic E-state index is 12.5. The lowest BCUT2D eigenvalue weighted by atomic mass is 9.96. The van der Waals surface area contributed by atoms with Crippen molar-refractivity contribution < 1.29 is 9.90 Å². The van der Waals surface area contributed by atoms with Gasteiger partial charge in [0, 0.05) is 26.0 Å². The van der Waals surface area contributed by atoms with E-state index < -0.39 is 17.1 Å². The minimum absolute atomic E-state index is 0.0858. The van der Waals surface area contributed by atoms with Crippen molar-refractivity contribution >= 4 is 5.91 Å². The Morgan fingerprint density at radius 2 is 2.00 bits per heavy atom. The summed E-state index contributed by atoms with van der Waals surface area (Å²) in [6, 6.07) is 9.24. The van der Waals surface area contributed by atoms with Crippen molar-refractivity contribution in [2.45, 2.75) is 12.1 Å². The normalized spacial score (nSPS) is 17.8. The lowest BCUT2D eigenvalue weighted by Crippen LogP contribution is -2.46. The van der Waals surface area contributed by atoms with Gasteiger partial charge in [-0.1, -0.05) is 30.3 Å². The molecule has 8 heteroatoms. The number of carbonyl (C=O) groups is 1. The molecule has 0 saturated carbocycles. The predicted molar refractivity (Wildman–Crippen MR) is 93.0 cm³/mol. The van der Waals surface area contributed by atoms with E-state index in [1.165, 1.54) is 9.58 Å². The van der Waals surface area contributed by atoms with E-state index in [1.807, 2.05) is 41.1 Å². The molecule has 1 aromatic carbocycles. The predicted octanol–water partition coefficient (Wildman–Crippen LogP) is 1.06. The molecule has 2 aromatic heterocycles. The largest absolute Gasteiger partial charge is 0.502 e. The van der Waals surface area contributed by atoms with E-state index in [2.05, 4.69) is 10.1 Å². The van der Waals surface area contributed by atoms with Gasteiger partial charge in [-0.25, -0.2) is 9.67 Å². The summed E-state index contributed by atoms with van der Waals surface area (Å²) >= 11 is 0. The van der Waals surface area contributed by atoms with Gasteiger partial charge in [0.05, 0.1) is 24.6 Å². The van der Waals surface area contributed by atoms with Crippen molar-refractivity contribution in [2.75, 3.05) is 13.6 Å². The van der Waals surface area contributed by atoms with Crippen molar-refractivity contribution in [2.24, 2.45) is 0 Å². The third kappa shape index (κ3) is 2.46. The van der Waals surface area contributed by atoms with Gasteiger partial charge in [-0.3, -0.25) is 9.59 Å². The molecule has 1 aliphatic heterocycles. The number of benzene rings is 1. The first-order valence-electron chi connectivity index (χ1n) is 8.16. The van der Waals surface area contributed by atoms with Crippen LogP contribution < -0.4 is 5.43 Å². The van der Waals surface area contributed by atoms with Crippen LogP contribution in [0.25, 0.3) is 0 Å². The van der Waals surface area contributed by atoms with Gasteiger partial charge in [-0.05, 0) is 5.56 Å². The van der Waals surface area contributed by atoms with Crippen LogP contribution in [0.4, 0.5) is 0 Å². The van der Waals surface area contributed by atoms with Gasteiger partial charge < -0.3 is 14.6 Å². The highest BCUT2D eigenvalue weighted by molar-refractivity contribution is 5.95. The van der Waals surface area contributed by atoms with Gasteiger partial charge in [-0.2, -0.15) is 5.10 Å². The molecule has 1 amide bonds. The molecular formula is C18H17N5O3. The van der Waals surface area contributed by atoms with Crippen LogP contribution in [0, 0.1) is 0 Å². The standard InChI is InChI=1S/C18H17N5O3/c1-21-10-13(23-16(18(21)26)17(25)14(24)9-20-23)15(22-8-7-19-11-22)12-5-3-2-4-6-12/h2-9,11,13,15,25H,10H2,1H3/t13-,15+/m1/s1. The van der Waals surface area contributed by atoms with Gasteiger partial charge in [0.2, 0.25) is 5.43 Å². The van der Waals surface area contributed by atoms with E-state index in [0.717, 1.165) is 11.8 Å². The van der Waals surface area contributed by atoms with Gasteiger partial charge in [-0.15, -0.1) is 0 Å². The zero-order valence-electron chi connectivity index (χ0n) is 14.1. The number of hydrogen-bond donors (Lipinski definition) is 1. The molecule has 0 saturated heterocycles. The first-order valence-corrected chi connectivity index (χ1v) is 8.16. The smallest absolute Gasteiger partial charge is 0.275 e. The maximum Gasteiger partial charge on any atom is 0.275 e. The van der Waals surface area contributed by atoms with Crippen LogP contribution in [0.2, 0.25) is 0 Å². The number of hydrogen-bond acceptors (Lipinski definition) is 5. The second kappa shape index (κ2) is 6.14. The maximum atomic E-state index is 12.5. The second-order valence-corrected chi connectivity index (χ2v) is 6.27. The molecule has 0 spiro atoms. The molecular weight excluding hydrogens is 334 g/mol. The Labute approximate surface area is 148 Å². The summed E-state index contributed by atoms with van der Waals surface area (Å²) in [5, 5.41) is 14.4. The molecule has 0 aliphatic carbocycles. The summed E-state index contributed by atoms with van der Waals surface area (Å²) < 4.78 is 3.39. The lowest BCUT2D eigenvalue weighted by molar-refractivity contribution is 0.0671. The van der Waals surface area contributed by atoms with Crippen LogP contribution >= 0.6 is 0 Å². The van der Waals surface area contributed by atoms with Crippen LogP contribution in [0.1, 0.15) is 28.1 Å². The highest BCUT2D eigenvalue weighted by Gasteiger charge is 2.38. The number of aromatic hydroxyl groups is 1. The summed E-state index contributed by atoms with van der Waals surface area (Å²) in [6.45, 7) is 0.374. The zero-order chi connectivity index (χ0) is 18.3. The number of nitrogens with zero attached hydrogens (tertiary/aromatic N) is 5. The minimum Gasteiger partial charge on any atom is -0.502 e. The number of carbonyl (C=O) groups excluding carboxylic acids is 1. The van der Waals surface area contributed by atoms with E-state index in [1.54, 1.807) is 19.6 Å². The highest BCUT2D eigenvalue weighted by atomic mass is 16.3. The number of rotatable bonds is 3. The van der Waals surface area contributed by atoms with Gasteiger partial charge in [0.15, 0.2) is 11.4 Å². The van der Waals surface area contributed by atoms with Crippen molar-refractivity contribution in [3.63, 3.8) is 0 Å². The number of likely N-dealkylation sites (N-methyl/N-ethyl adjacent to an activating group) is 1. The van der Waals surface area contributed by atoms with Gasteiger partial charge in [0.1, 0.15) is 0 Å². The van der Waals surface area contributed by atoms with Crippen molar-refractivity contribution in [1.82, 2.24) is 24.2 Å². The number of amides is 1. The second-order valence-electron chi connectivity index (χ2n) is 6.27. The zero-order valence-corrected chi connectivity index (χ0v) is 14.1. The van der Waals surface area contributed by atoms with Crippen LogP contribution in [0.15, 0.2) is 60.0 Å². The topological polar surface area (TPSA) is 93.2 Å². The third-order valence-electron chi connectivity index (χ3n) is 4.66. The van der Waals surface area contributed by atoms with E-state index in [9.17, 15) is 14.7 Å². The molecule has 4 rings (SSSR count). The third-order valence-corrected chi connectivity index (χ3v) is 4.66. The summed E-state index contributed by atoms with van der Waals surface area (Å²) in [7, 11) is 1.64. The minimum atomic E-state index is -0.669. The Balaban J connectivity index is 1.93. The Morgan fingerprint density at radius 3 is 2.69 bits per heavy atom. The summed E-state index contributed by atoms with van der Waals surface area (Å²) in [4.78, 5) is 30.0. The van der Waals surface area contributed by atoms with Gasteiger partial charge >= 0.3 is 0 Å². The fourth-order valence-corrected chi connectivity index (χ4v) is 3.44. The molecule has 1 aliphatic rings. The van der Waals surface area contributed by atoms with E-state index >= 15 is 0 Å². The summed E-state index contributed by atoms with van der Waals surface area (Å²) in [5.41, 5.74) is 0.249. The van der Waals surface area contributed by atoms with Crippen molar-refractivity contribution in [3.05, 3.63) is 76.7 Å². The van der Waals surface area contributed by atoms with E-state index in [4.69, 9.17) is 0 Å². The quantitative estimate of drug-likeness (QED) is 0.762. The molecule has 8 nitrogen and oxygen atoms in total. The van der Waals surface area contributed by atoms with Crippen LogP contribution in [0.3, 0.4) is 0 Å². The Bertz CT molecular complexity index is 997. The lowest BCUT2D eigenvalue weighted by Gasteiger charge is -2.37. The molecule has 0 unspecified atom stereocenters.